The molecular weight excluding hydrogens is 848 g/mol. The molecule has 3 nitrogen and oxygen atoms in total. The third-order valence-electron chi connectivity index (χ3n) is 18.6. The molecule has 4 heteroatoms. The summed E-state index contributed by atoms with van der Waals surface area (Å²) in [6.07, 6.45) is 2.34. The Balaban J connectivity index is 1.09. The molecule has 0 bridgehead atoms. The van der Waals surface area contributed by atoms with E-state index in [-0.39, 0.29) is 33.9 Å². The number of furan rings is 1. The number of anilines is 2. The van der Waals surface area contributed by atoms with E-state index in [4.69, 9.17) is 4.42 Å². The summed E-state index contributed by atoms with van der Waals surface area (Å²) in [5, 5.41) is 5.03. The predicted molar refractivity (Wildman–Crippen MR) is 296 cm³/mol. The van der Waals surface area contributed by atoms with E-state index < -0.39 is 0 Å². The molecule has 15 rings (SSSR count). The van der Waals surface area contributed by atoms with E-state index in [1.807, 2.05) is 0 Å². The van der Waals surface area contributed by atoms with Crippen molar-refractivity contribution in [3.8, 4) is 39.1 Å². The SMILES string of the molecule is CC(C)(C)c1ccc(N2B3c4cc5c(cc4-n4c6cc7c(cc6c6ccc(c3c64)-c3cc4oc6cc8c(cc6c4cc32)C(C)(C)CCC8(C)C)C(C)(C)c2ccccc2-7)-c2ccccc2C5(C)C)cc1. The van der Waals surface area contributed by atoms with Crippen molar-refractivity contribution in [2.45, 2.75) is 116 Å². The Bertz CT molecular complexity index is 4050. The highest BCUT2D eigenvalue weighted by Crippen LogP contribution is 2.56. The molecule has 2 aliphatic heterocycles. The maximum Gasteiger partial charge on any atom is 0.333 e. The lowest BCUT2D eigenvalue weighted by Crippen LogP contribution is -2.60. The summed E-state index contributed by atoms with van der Waals surface area (Å²) in [6.45, 7) is 26.2. The second-order valence-corrected chi connectivity index (χ2v) is 25.2. The number of fused-ring (bicyclic) bond motifs is 18. The lowest BCUT2D eigenvalue weighted by atomic mass is 9.43. The molecule has 5 aliphatic rings. The van der Waals surface area contributed by atoms with Crippen LogP contribution in [0, 0.1) is 0 Å². The fourth-order valence-corrected chi connectivity index (χ4v) is 14.5. The molecule has 0 atom stereocenters. The Morgan fingerprint density at radius 1 is 0.471 bits per heavy atom. The molecule has 70 heavy (non-hydrogen) atoms. The Labute approximate surface area is 412 Å². The van der Waals surface area contributed by atoms with Gasteiger partial charge in [-0.05, 0) is 161 Å². The average Bonchev–Trinajstić information content (AvgIpc) is 4.00. The van der Waals surface area contributed by atoms with Crippen molar-refractivity contribution in [3.05, 3.63) is 172 Å². The van der Waals surface area contributed by atoms with Gasteiger partial charge in [-0.25, -0.2) is 0 Å². The largest absolute Gasteiger partial charge is 0.456 e. The highest BCUT2D eigenvalue weighted by Gasteiger charge is 2.48. The highest BCUT2D eigenvalue weighted by atomic mass is 16.3. The molecule has 342 valence electrons. The quantitative estimate of drug-likeness (QED) is 0.153. The van der Waals surface area contributed by atoms with Crippen LogP contribution < -0.4 is 15.7 Å². The summed E-state index contributed by atoms with van der Waals surface area (Å²) < 4.78 is 9.76. The van der Waals surface area contributed by atoms with Crippen LogP contribution >= 0.6 is 0 Å². The zero-order chi connectivity index (χ0) is 47.9. The van der Waals surface area contributed by atoms with Crippen molar-refractivity contribution in [2.75, 3.05) is 4.81 Å². The zero-order valence-corrected chi connectivity index (χ0v) is 42.5. The number of nitrogens with zero attached hydrogens (tertiary/aromatic N) is 2. The molecule has 0 radical (unpaired) electrons. The van der Waals surface area contributed by atoms with E-state index in [9.17, 15) is 0 Å². The first-order valence-corrected chi connectivity index (χ1v) is 25.8. The van der Waals surface area contributed by atoms with Crippen molar-refractivity contribution in [2.24, 2.45) is 0 Å². The molecule has 4 heterocycles. The zero-order valence-electron chi connectivity index (χ0n) is 42.5. The second kappa shape index (κ2) is 12.8. The molecule has 0 saturated carbocycles. The van der Waals surface area contributed by atoms with Gasteiger partial charge in [0.25, 0.3) is 0 Å². The van der Waals surface area contributed by atoms with E-state index in [1.54, 1.807) is 0 Å². The van der Waals surface area contributed by atoms with Crippen LogP contribution in [0.25, 0.3) is 82.8 Å². The van der Waals surface area contributed by atoms with Gasteiger partial charge in [0.2, 0.25) is 0 Å². The molecule has 0 amide bonds. The van der Waals surface area contributed by atoms with Crippen LogP contribution in [-0.2, 0) is 27.1 Å². The second-order valence-electron chi connectivity index (χ2n) is 25.2. The van der Waals surface area contributed by atoms with Crippen molar-refractivity contribution < 1.29 is 4.42 Å². The Hall–Kier alpha value is -6.78. The predicted octanol–water partition coefficient (Wildman–Crippen LogP) is 16.2. The summed E-state index contributed by atoms with van der Waals surface area (Å²) in [7, 11) is 0. The molecule has 0 unspecified atom stereocenters. The minimum Gasteiger partial charge on any atom is -0.456 e. The average molecular weight is 907 g/mol. The third-order valence-corrected chi connectivity index (χ3v) is 18.6. The number of hydrogen-bond donors (Lipinski definition) is 0. The van der Waals surface area contributed by atoms with Crippen LogP contribution in [0.2, 0.25) is 0 Å². The van der Waals surface area contributed by atoms with Crippen LogP contribution in [0.3, 0.4) is 0 Å². The van der Waals surface area contributed by atoms with Crippen molar-refractivity contribution >= 4 is 72.9 Å². The van der Waals surface area contributed by atoms with Crippen molar-refractivity contribution in [1.82, 2.24) is 4.57 Å². The van der Waals surface area contributed by atoms with Crippen LogP contribution in [0.4, 0.5) is 11.4 Å². The first-order valence-electron chi connectivity index (χ1n) is 25.8. The molecule has 0 saturated heterocycles. The Morgan fingerprint density at radius 2 is 1.06 bits per heavy atom. The molecule has 10 aromatic rings. The Kier molecular flexibility index (Phi) is 7.48. The van der Waals surface area contributed by atoms with Gasteiger partial charge in [0, 0.05) is 55.0 Å². The van der Waals surface area contributed by atoms with E-state index in [0.29, 0.717) is 0 Å². The summed E-state index contributed by atoms with van der Waals surface area (Å²) in [5.74, 6) is 0. The van der Waals surface area contributed by atoms with Gasteiger partial charge in [-0.15, -0.1) is 0 Å². The van der Waals surface area contributed by atoms with Crippen molar-refractivity contribution in [1.29, 1.82) is 0 Å². The van der Waals surface area contributed by atoms with Gasteiger partial charge < -0.3 is 13.8 Å². The van der Waals surface area contributed by atoms with Gasteiger partial charge in [-0.3, -0.25) is 0 Å². The van der Waals surface area contributed by atoms with E-state index >= 15 is 0 Å². The van der Waals surface area contributed by atoms with Gasteiger partial charge in [0.15, 0.2) is 0 Å². The number of aromatic nitrogens is 1. The van der Waals surface area contributed by atoms with Gasteiger partial charge >= 0.3 is 6.85 Å². The lowest BCUT2D eigenvalue weighted by Gasteiger charge is -2.42. The molecule has 3 aliphatic carbocycles. The molecule has 0 fully saturated rings. The van der Waals surface area contributed by atoms with E-state index in [1.165, 1.54) is 146 Å². The smallest absolute Gasteiger partial charge is 0.333 e. The van der Waals surface area contributed by atoms with Gasteiger partial charge in [0.1, 0.15) is 11.2 Å². The van der Waals surface area contributed by atoms with Gasteiger partial charge in [-0.1, -0.05) is 155 Å². The maximum atomic E-state index is 7.09. The maximum absolute atomic E-state index is 7.09. The van der Waals surface area contributed by atoms with Crippen LogP contribution in [0.1, 0.15) is 128 Å². The molecule has 0 N–H and O–H groups in total. The number of benzene rings is 8. The fraction of sp³-hybridized carbons (Fsp3) is 0.273. The molecule has 2 aromatic heterocycles. The number of rotatable bonds is 1. The molecular formula is C66H59BN2O. The highest BCUT2D eigenvalue weighted by molar-refractivity contribution is 6.93. The minimum atomic E-state index is -0.167. The topological polar surface area (TPSA) is 21.3 Å². The third kappa shape index (κ3) is 4.98. The van der Waals surface area contributed by atoms with Crippen LogP contribution in [-0.4, -0.2) is 11.4 Å². The fourth-order valence-electron chi connectivity index (χ4n) is 14.5. The van der Waals surface area contributed by atoms with E-state index in [2.05, 4.69) is 219 Å². The van der Waals surface area contributed by atoms with Gasteiger partial charge in [0.05, 0.1) is 11.0 Å². The van der Waals surface area contributed by atoms with Crippen LogP contribution in [0.5, 0.6) is 0 Å². The molecule has 8 aromatic carbocycles. The van der Waals surface area contributed by atoms with Crippen molar-refractivity contribution in [3.63, 3.8) is 0 Å². The first kappa shape index (κ1) is 41.0. The lowest BCUT2D eigenvalue weighted by molar-refractivity contribution is 0.332. The molecule has 0 spiro atoms. The summed E-state index contributed by atoms with van der Waals surface area (Å²) in [4.78, 5) is 2.72. The summed E-state index contributed by atoms with van der Waals surface area (Å²) in [5.41, 5.74) is 28.6. The monoisotopic (exact) mass is 906 g/mol. The van der Waals surface area contributed by atoms with E-state index in [0.717, 1.165) is 11.2 Å². The van der Waals surface area contributed by atoms with Crippen LogP contribution in [0.15, 0.2) is 138 Å². The first-order chi connectivity index (χ1) is 33.3. The Morgan fingerprint density at radius 3 is 1.73 bits per heavy atom. The summed E-state index contributed by atoms with van der Waals surface area (Å²) >= 11 is 0. The summed E-state index contributed by atoms with van der Waals surface area (Å²) in [6, 6.07) is 52.8. The standard InChI is InChI=1S/C66H59BN2O/c1-62(2,3)36-20-22-37(23-21-36)69-56-32-47-46-29-52-53(64(6,7)27-26-63(52,4)5)35-59(46)70-58(47)33-45(56)40-24-25-41-44-28-50-42(38-16-12-14-18-48(38)65(50,8)9)30-55(44)68-57-31-43-39-17-13-15-19-49(39)66(10,11)51(43)34-54(57)67(69)60(40)61(41)68/h12-25,28-35H,26-27H2,1-11H3. The normalized spacial score (nSPS) is 17.9. The van der Waals surface area contributed by atoms with Gasteiger partial charge in [-0.2, -0.15) is 0 Å². The number of hydrogen-bond acceptors (Lipinski definition) is 2. The minimum absolute atomic E-state index is 0.0231.